The topological polar surface area (TPSA) is 57.3 Å². The summed E-state index contributed by atoms with van der Waals surface area (Å²) in [7, 11) is 0. The second kappa shape index (κ2) is 7.55. The molecule has 3 heterocycles. The predicted octanol–water partition coefficient (Wildman–Crippen LogP) is 3.54. The zero-order valence-electron chi connectivity index (χ0n) is 14.6. The van der Waals surface area contributed by atoms with Crippen molar-refractivity contribution in [2.75, 3.05) is 0 Å². The molecule has 4 aliphatic rings. The van der Waals surface area contributed by atoms with Crippen molar-refractivity contribution < 1.29 is 24.0 Å². The van der Waals surface area contributed by atoms with Crippen LogP contribution in [0.5, 0.6) is 0 Å². The maximum Gasteiger partial charge on any atom is 0.306 e. The lowest BCUT2D eigenvalue weighted by Gasteiger charge is -2.28. The van der Waals surface area contributed by atoms with Gasteiger partial charge in [0.15, 0.2) is 0 Å². The van der Waals surface area contributed by atoms with Crippen LogP contribution in [0.2, 0.25) is 0 Å². The minimum atomic E-state index is -0.131. The number of esters is 1. The fourth-order valence-electron chi connectivity index (χ4n) is 4.65. The van der Waals surface area contributed by atoms with Crippen LogP contribution in [0.1, 0.15) is 51.9 Å². The average molecular weight is 371 g/mol. The zero-order valence-corrected chi connectivity index (χ0v) is 15.4. The number of cyclic esters (lactones) is 1. The maximum absolute atomic E-state index is 12.3. The van der Waals surface area contributed by atoms with Gasteiger partial charge in [0.25, 0.3) is 0 Å². The van der Waals surface area contributed by atoms with Gasteiger partial charge in [0.1, 0.15) is 18.3 Å². The van der Waals surface area contributed by atoms with Crippen LogP contribution in [-0.4, -0.2) is 41.9 Å². The molecule has 0 aromatic heterocycles. The molecule has 0 radical (unpaired) electrons. The summed E-state index contributed by atoms with van der Waals surface area (Å²) in [6, 6.07) is 0. The minimum Gasteiger partial charge on any atom is -0.462 e. The first-order valence-electron chi connectivity index (χ1n) is 9.65. The number of epoxide rings is 1. The molecule has 25 heavy (non-hydrogen) atoms. The number of halogens is 1. The predicted molar refractivity (Wildman–Crippen MR) is 92.0 cm³/mol. The van der Waals surface area contributed by atoms with Crippen LogP contribution in [-0.2, 0) is 24.0 Å². The molecule has 8 unspecified atom stereocenters. The van der Waals surface area contributed by atoms with Gasteiger partial charge in [0.2, 0.25) is 0 Å². The Morgan fingerprint density at radius 2 is 2.12 bits per heavy atom. The van der Waals surface area contributed by atoms with E-state index in [0.29, 0.717) is 18.6 Å². The molecular weight excluding hydrogens is 344 g/mol. The van der Waals surface area contributed by atoms with Crippen molar-refractivity contribution in [2.24, 2.45) is 11.8 Å². The van der Waals surface area contributed by atoms with E-state index in [2.05, 4.69) is 19.1 Å². The van der Waals surface area contributed by atoms with E-state index >= 15 is 0 Å². The van der Waals surface area contributed by atoms with Crippen molar-refractivity contribution in [3.05, 3.63) is 12.2 Å². The Bertz CT molecular complexity index is 524. The summed E-state index contributed by atoms with van der Waals surface area (Å²) in [5.41, 5.74) is 0. The molecule has 1 aliphatic carbocycles. The summed E-state index contributed by atoms with van der Waals surface area (Å²) >= 11 is 6.51. The molecule has 0 bridgehead atoms. The summed E-state index contributed by atoms with van der Waals surface area (Å²) in [6.45, 7) is 2.06. The SMILES string of the molecule is CCC1OC(=O)CCCCC2OC2C/C=C/C2OOC3C(Cl)CC1C23. The molecule has 0 N–H and O–H groups in total. The molecule has 0 aromatic rings. The Labute approximate surface area is 153 Å². The van der Waals surface area contributed by atoms with E-state index in [4.69, 9.17) is 30.8 Å². The number of carbonyl (C=O) groups excluding carboxylic acids is 1. The quantitative estimate of drug-likeness (QED) is 0.232. The number of hydrogen-bond donors (Lipinski definition) is 0. The normalized spacial score (nSPS) is 48.6. The van der Waals surface area contributed by atoms with Gasteiger partial charge >= 0.3 is 5.97 Å². The summed E-state index contributed by atoms with van der Waals surface area (Å²) in [6.07, 6.45) is 10.4. The van der Waals surface area contributed by atoms with Crippen molar-refractivity contribution in [1.82, 2.24) is 0 Å². The third-order valence-corrected chi connectivity index (χ3v) is 6.48. The smallest absolute Gasteiger partial charge is 0.306 e. The number of carbonyl (C=O) groups is 1. The van der Waals surface area contributed by atoms with E-state index in [9.17, 15) is 4.79 Å². The molecule has 0 aromatic carbocycles. The first-order valence-corrected chi connectivity index (χ1v) is 10.1. The molecule has 1 saturated carbocycles. The van der Waals surface area contributed by atoms with Crippen LogP contribution < -0.4 is 0 Å². The van der Waals surface area contributed by atoms with Gasteiger partial charge < -0.3 is 9.47 Å². The van der Waals surface area contributed by atoms with E-state index in [1.165, 1.54) is 0 Å². The lowest BCUT2D eigenvalue weighted by molar-refractivity contribution is -0.288. The zero-order chi connectivity index (χ0) is 17.4. The number of ether oxygens (including phenoxy) is 2. The highest BCUT2D eigenvalue weighted by atomic mass is 35.5. The first kappa shape index (κ1) is 17.8. The van der Waals surface area contributed by atoms with E-state index in [1.807, 2.05) is 0 Å². The first-order chi connectivity index (χ1) is 12.2. The Kier molecular flexibility index (Phi) is 5.37. The summed E-state index contributed by atoms with van der Waals surface area (Å²) in [4.78, 5) is 23.4. The van der Waals surface area contributed by atoms with Crippen LogP contribution in [0.25, 0.3) is 0 Å². The average Bonchev–Trinajstić information content (AvgIpc) is 3.06. The lowest BCUT2D eigenvalue weighted by atomic mass is 9.84. The fraction of sp³-hybridized carbons (Fsp3) is 0.842. The molecule has 3 aliphatic heterocycles. The van der Waals surface area contributed by atoms with Gasteiger partial charge in [-0.3, -0.25) is 4.79 Å². The van der Waals surface area contributed by atoms with Gasteiger partial charge in [-0.1, -0.05) is 25.5 Å². The van der Waals surface area contributed by atoms with Crippen molar-refractivity contribution >= 4 is 17.6 Å². The Morgan fingerprint density at radius 3 is 2.96 bits per heavy atom. The summed E-state index contributed by atoms with van der Waals surface area (Å²) < 4.78 is 11.5. The van der Waals surface area contributed by atoms with Crippen LogP contribution in [0.3, 0.4) is 0 Å². The monoisotopic (exact) mass is 370 g/mol. The highest BCUT2D eigenvalue weighted by Crippen LogP contribution is 2.47. The van der Waals surface area contributed by atoms with Crippen LogP contribution in [0.15, 0.2) is 12.2 Å². The Balaban J connectivity index is 1.53. The van der Waals surface area contributed by atoms with Gasteiger partial charge in [-0.15, -0.1) is 11.6 Å². The van der Waals surface area contributed by atoms with Crippen LogP contribution >= 0.6 is 11.6 Å². The summed E-state index contributed by atoms with van der Waals surface area (Å²) in [5, 5.41) is -0.101. The third-order valence-electron chi connectivity index (χ3n) is 6.05. The molecule has 140 valence electrons. The van der Waals surface area contributed by atoms with Crippen molar-refractivity contribution in [3.63, 3.8) is 0 Å². The Morgan fingerprint density at radius 1 is 1.24 bits per heavy atom. The van der Waals surface area contributed by atoms with E-state index in [1.54, 1.807) is 0 Å². The van der Waals surface area contributed by atoms with Crippen molar-refractivity contribution in [3.8, 4) is 0 Å². The fourth-order valence-corrected chi connectivity index (χ4v) is 5.06. The second-order valence-corrected chi connectivity index (χ2v) is 8.23. The molecule has 8 atom stereocenters. The molecule has 2 saturated heterocycles. The van der Waals surface area contributed by atoms with E-state index < -0.39 is 0 Å². The second-order valence-electron chi connectivity index (χ2n) is 7.67. The third kappa shape index (κ3) is 3.75. The minimum absolute atomic E-state index is 0.100. The van der Waals surface area contributed by atoms with Gasteiger partial charge in [0, 0.05) is 18.3 Å². The standard InChI is InChI=1S/C19H27ClO5/c1-2-13-11-10-12(20)19-18(11)16(24-25-19)8-5-7-15-14(22-15)6-3-4-9-17(21)23-13/h5,8,11-16,18-19H,2-4,6-7,9-10H2,1H3/b8-5+. The van der Waals surface area contributed by atoms with Crippen LogP contribution in [0.4, 0.5) is 0 Å². The largest absolute Gasteiger partial charge is 0.462 e. The number of rotatable bonds is 1. The van der Waals surface area contributed by atoms with Gasteiger partial charge in [-0.05, 0) is 32.1 Å². The summed E-state index contributed by atoms with van der Waals surface area (Å²) in [5.74, 6) is 0.211. The van der Waals surface area contributed by atoms with Crippen molar-refractivity contribution in [1.29, 1.82) is 0 Å². The maximum atomic E-state index is 12.3. The van der Waals surface area contributed by atoms with Crippen molar-refractivity contribution in [2.45, 2.75) is 87.8 Å². The number of alkyl halides is 1. The van der Waals surface area contributed by atoms with Gasteiger partial charge in [0.05, 0.1) is 17.6 Å². The highest BCUT2D eigenvalue weighted by molar-refractivity contribution is 6.21. The van der Waals surface area contributed by atoms with Gasteiger partial charge in [-0.2, -0.15) is 0 Å². The molecule has 0 amide bonds. The lowest BCUT2D eigenvalue weighted by Crippen LogP contribution is -2.34. The molecule has 0 spiro atoms. The highest BCUT2D eigenvalue weighted by Gasteiger charge is 2.55. The van der Waals surface area contributed by atoms with E-state index in [-0.39, 0.29) is 41.5 Å². The molecular formula is C19H27ClO5. The molecule has 4 rings (SSSR count). The van der Waals surface area contributed by atoms with Crippen LogP contribution in [0, 0.1) is 11.8 Å². The Hall–Kier alpha value is -0.620. The number of hydrogen-bond acceptors (Lipinski definition) is 5. The molecule has 3 fully saturated rings. The number of fused-ring (bicyclic) bond motifs is 1. The van der Waals surface area contributed by atoms with Gasteiger partial charge in [-0.25, -0.2) is 9.78 Å². The van der Waals surface area contributed by atoms with E-state index in [0.717, 1.165) is 38.5 Å². The molecule has 5 nitrogen and oxygen atoms in total. The molecule has 6 heteroatoms.